The largest absolute Gasteiger partial charge is 0.395 e. The molecule has 0 N–H and O–H groups in total. The highest BCUT2D eigenvalue weighted by molar-refractivity contribution is 7.75. The van der Waals surface area contributed by atoms with E-state index in [0.717, 1.165) is 12.8 Å². The van der Waals surface area contributed by atoms with Crippen LogP contribution in [0.5, 0.6) is 0 Å². The van der Waals surface area contributed by atoms with Crippen molar-refractivity contribution >= 4 is 18.9 Å². The maximum Gasteiger partial charge on any atom is 0.317 e. The second-order valence-corrected chi connectivity index (χ2v) is 4.93. The molecule has 0 atom stereocenters. The smallest absolute Gasteiger partial charge is 0.317 e. The standard InChI is InChI=1S/C14H28O2S/c1-2-3-4-5-6-7-8-9-10-11-12-13-14(15)16-17/h17H,2-13H2,1H3. The summed E-state index contributed by atoms with van der Waals surface area (Å²) < 4.78 is 4.30. The molecular formula is C14H28O2S. The average molecular weight is 260 g/mol. The maximum absolute atomic E-state index is 10.8. The SMILES string of the molecule is CCCCCCCCCCCCCC(=O)OS. The van der Waals surface area contributed by atoms with Crippen LogP contribution >= 0.6 is 12.9 Å². The first-order chi connectivity index (χ1) is 8.31. The third-order valence-electron chi connectivity index (χ3n) is 3.09. The van der Waals surface area contributed by atoms with E-state index in [9.17, 15) is 4.79 Å². The van der Waals surface area contributed by atoms with Gasteiger partial charge in [0.2, 0.25) is 0 Å². The molecule has 0 aliphatic rings. The van der Waals surface area contributed by atoms with Gasteiger partial charge in [-0.2, -0.15) is 0 Å². The van der Waals surface area contributed by atoms with Crippen LogP contribution < -0.4 is 0 Å². The van der Waals surface area contributed by atoms with Crippen molar-refractivity contribution < 1.29 is 8.98 Å². The van der Waals surface area contributed by atoms with Gasteiger partial charge in [0.1, 0.15) is 0 Å². The lowest BCUT2D eigenvalue weighted by Gasteiger charge is -2.02. The van der Waals surface area contributed by atoms with E-state index >= 15 is 0 Å². The Kier molecular flexibility index (Phi) is 13.7. The molecule has 2 nitrogen and oxygen atoms in total. The Hall–Kier alpha value is -0.180. The fourth-order valence-corrected chi connectivity index (χ4v) is 2.07. The predicted octanol–water partition coefficient (Wildman–Crippen LogP) is 5.08. The van der Waals surface area contributed by atoms with E-state index in [4.69, 9.17) is 0 Å². The molecule has 0 aromatic carbocycles. The monoisotopic (exact) mass is 260 g/mol. The highest BCUT2D eigenvalue weighted by atomic mass is 32.1. The molecule has 102 valence electrons. The van der Waals surface area contributed by atoms with Crippen LogP contribution in [-0.2, 0) is 8.98 Å². The van der Waals surface area contributed by atoms with Gasteiger partial charge in [0, 0.05) is 19.3 Å². The predicted molar refractivity (Wildman–Crippen MR) is 76.2 cm³/mol. The van der Waals surface area contributed by atoms with E-state index in [-0.39, 0.29) is 5.97 Å². The van der Waals surface area contributed by atoms with E-state index in [1.807, 2.05) is 0 Å². The second-order valence-electron chi connectivity index (χ2n) is 4.75. The van der Waals surface area contributed by atoms with E-state index in [2.05, 4.69) is 24.0 Å². The minimum Gasteiger partial charge on any atom is -0.395 e. The third kappa shape index (κ3) is 13.8. The first-order valence-corrected chi connectivity index (χ1v) is 7.52. The Labute approximate surface area is 112 Å². The molecule has 0 radical (unpaired) electrons. The molecule has 0 rings (SSSR count). The van der Waals surface area contributed by atoms with Crippen LogP contribution in [0, 0.1) is 0 Å². The Bertz CT molecular complexity index is 172. The lowest BCUT2D eigenvalue weighted by atomic mass is 10.1. The first kappa shape index (κ1) is 16.8. The summed E-state index contributed by atoms with van der Waals surface area (Å²) in [4.78, 5) is 10.8. The molecule has 17 heavy (non-hydrogen) atoms. The molecule has 0 saturated carbocycles. The minimum atomic E-state index is -0.204. The molecule has 3 heteroatoms. The molecule has 0 spiro atoms. The van der Waals surface area contributed by atoms with Crippen LogP contribution in [0.4, 0.5) is 0 Å². The Morgan fingerprint density at radius 2 is 1.24 bits per heavy atom. The van der Waals surface area contributed by atoms with Crippen molar-refractivity contribution in [2.45, 2.75) is 84.0 Å². The van der Waals surface area contributed by atoms with Crippen molar-refractivity contribution in [1.29, 1.82) is 0 Å². The summed E-state index contributed by atoms with van der Waals surface area (Å²) in [7, 11) is 0. The highest BCUT2D eigenvalue weighted by Crippen LogP contribution is 2.12. The van der Waals surface area contributed by atoms with Gasteiger partial charge in [-0.1, -0.05) is 71.1 Å². The molecule has 0 unspecified atom stereocenters. The molecule has 0 bridgehead atoms. The molecule has 0 heterocycles. The first-order valence-electron chi connectivity index (χ1n) is 7.15. The Morgan fingerprint density at radius 3 is 1.65 bits per heavy atom. The Morgan fingerprint density at radius 1 is 0.824 bits per heavy atom. The lowest BCUT2D eigenvalue weighted by molar-refractivity contribution is -0.132. The zero-order valence-corrected chi connectivity index (χ0v) is 12.1. The topological polar surface area (TPSA) is 26.3 Å². The number of rotatable bonds is 12. The molecule has 0 saturated heterocycles. The van der Waals surface area contributed by atoms with Crippen LogP contribution in [0.1, 0.15) is 84.0 Å². The summed E-state index contributed by atoms with van der Waals surface area (Å²) in [6.45, 7) is 2.25. The summed E-state index contributed by atoms with van der Waals surface area (Å²) in [6.07, 6.45) is 14.8. The van der Waals surface area contributed by atoms with Crippen LogP contribution in [0.3, 0.4) is 0 Å². The highest BCUT2D eigenvalue weighted by Gasteiger charge is 1.99. The number of thiol groups is 1. The molecule has 0 aromatic heterocycles. The fourth-order valence-electron chi connectivity index (χ4n) is 1.98. The Balaban J connectivity index is 2.96. The molecule has 0 aliphatic carbocycles. The quantitative estimate of drug-likeness (QED) is 0.301. The maximum atomic E-state index is 10.8. The average Bonchev–Trinajstić information content (AvgIpc) is 2.35. The summed E-state index contributed by atoms with van der Waals surface area (Å²) in [5.74, 6) is -0.204. The van der Waals surface area contributed by atoms with E-state index < -0.39 is 0 Å². The molecule has 0 fully saturated rings. The van der Waals surface area contributed by atoms with Gasteiger partial charge in [-0.05, 0) is 6.42 Å². The number of hydrogen-bond donors (Lipinski definition) is 1. The van der Waals surface area contributed by atoms with Crippen LogP contribution in [0.2, 0.25) is 0 Å². The fraction of sp³-hybridized carbons (Fsp3) is 0.929. The molecule has 0 aliphatic heterocycles. The van der Waals surface area contributed by atoms with E-state index in [1.165, 1.54) is 57.8 Å². The summed E-state index contributed by atoms with van der Waals surface area (Å²) in [5, 5.41) is 0. The number of carbonyl (C=O) groups is 1. The molecule has 0 aromatic rings. The van der Waals surface area contributed by atoms with E-state index in [1.54, 1.807) is 0 Å². The van der Waals surface area contributed by atoms with Crippen molar-refractivity contribution in [2.75, 3.05) is 0 Å². The van der Waals surface area contributed by atoms with Crippen molar-refractivity contribution in [1.82, 2.24) is 0 Å². The third-order valence-corrected chi connectivity index (χ3v) is 3.29. The van der Waals surface area contributed by atoms with Crippen molar-refractivity contribution in [3.63, 3.8) is 0 Å². The van der Waals surface area contributed by atoms with Gasteiger partial charge in [0.05, 0.1) is 0 Å². The van der Waals surface area contributed by atoms with Gasteiger partial charge in [-0.15, -0.1) is 0 Å². The van der Waals surface area contributed by atoms with Crippen LogP contribution in [-0.4, -0.2) is 5.97 Å². The van der Waals surface area contributed by atoms with Crippen LogP contribution in [0.25, 0.3) is 0 Å². The van der Waals surface area contributed by atoms with Gasteiger partial charge in [0.15, 0.2) is 0 Å². The van der Waals surface area contributed by atoms with Gasteiger partial charge < -0.3 is 4.18 Å². The summed E-state index contributed by atoms with van der Waals surface area (Å²) in [6, 6.07) is 0. The second kappa shape index (κ2) is 13.9. The normalized spacial score (nSPS) is 10.5. The van der Waals surface area contributed by atoms with Gasteiger partial charge in [0.25, 0.3) is 0 Å². The van der Waals surface area contributed by atoms with Gasteiger partial charge in [-0.3, -0.25) is 4.79 Å². The van der Waals surface area contributed by atoms with Gasteiger partial charge in [-0.25, -0.2) is 0 Å². The van der Waals surface area contributed by atoms with Crippen molar-refractivity contribution in [3.05, 3.63) is 0 Å². The summed E-state index contributed by atoms with van der Waals surface area (Å²) in [5.41, 5.74) is 0. The summed E-state index contributed by atoms with van der Waals surface area (Å²) >= 11 is 3.47. The number of carbonyl (C=O) groups excluding carboxylic acids is 1. The van der Waals surface area contributed by atoms with E-state index in [0.29, 0.717) is 6.42 Å². The molecule has 0 amide bonds. The number of unbranched alkanes of at least 4 members (excludes halogenated alkanes) is 10. The number of hydrogen-bond acceptors (Lipinski definition) is 3. The zero-order valence-electron chi connectivity index (χ0n) is 11.2. The van der Waals surface area contributed by atoms with Crippen molar-refractivity contribution in [2.24, 2.45) is 0 Å². The van der Waals surface area contributed by atoms with Crippen LogP contribution in [0.15, 0.2) is 0 Å². The van der Waals surface area contributed by atoms with Crippen molar-refractivity contribution in [3.8, 4) is 0 Å². The minimum absolute atomic E-state index is 0.204. The van der Waals surface area contributed by atoms with Gasteiger partial charge >= 0.3 is 5.97 Å². The zero-order chi connectivity index (χ0) is 12.8. The lowest BCUT2D eigenvalue weighted by Crippen LogP contribution is -1.95. The molecular weight excluding hydrogens is 232 g/mol.